The summed E-state index contributed by atoms with van der Waals surface area (Å²) in [4.78, 5) is 33.3. The lowest BCUT2D eigenvalue weighted by Crippen LogP contribution is -2.30. The smallest absolute Gasteiger partial charge is 0.420 e. The van der Waals surface area contributed by atoms with E-state index in [0.29, 0.717) is 37.1 Å². The number of primary amides is 1. The molecule has 0 radical (unpaired) electrons. The van der Waals surface area contributed by atoms with Gasteiger partial charge in [-0.1, -0.05) is 12.1 Å². The fourth-order valence-corrected chi connectivity index (χ4v) is 5.24. The van der Waals surface area contributed by atoms with Gasteiger partial charge < -0.3 is 24.4 Å². The van der Waals surface area contributed by atoms with E-state index in [0.717, 1.165) is 16.0 Å². The van der Waals surface area contributed by atoms with E-state index >= 15 is 0 Å². The van der Waals surface area contributed by atoms with Crippen molar-refractivity contribution in [2.24, 2.45) is 5.73 Å². The molecule has 1 unspecified atom stereocenters. The average Bonchev–Trinajstić information content (AvgIpc) is 3.67. The Morgan fingerprint density at radius 1 is 1.17 bits per heavy atom. The lowest BCUT2D eigenvalue weighted by molar-refractivity contribution is -0.136. The summed E-state index contributed by atoms with van der Waals surface area (Å²) in [6.45, 7) is 1.27. The molecule has 1 atom stereocenters. The van der Waals surface area contributed by atoms with Crippen molar-refractivity contribution < 1.29 is 31.6 Å². The van der Waals surface area contributed by atoms with Gasteiger partial charge >= 0.3 is 6.18 Å². The zero-order valence-electron chi connectivity index (χ0n) is 22.5. The van der Waals surface area contributed by atoms with Gasteiger partial charge in [0.1, 0.15) is 11.5 Å². The quantitative estimate of drug-likeness (QED) is 0.314. The minimum atomic E-state index is -4.79. The van der Waals surface area contributed by atoms with Crippen molar-refractivity contribution >= 4 is 17.5 Å². The predicted molar refractivity (Wildman–Crippen MR) is 143 cm³/mol. The number of halogens is 4. The Hall–Kier alpha value is -4.19. The molecule has 0 saturated carbocycles. The zero-order valence-corrected chi connectivity index (χ0v) is 22.5. The van der Waals surface area contributed by atoms with Gasteiger partial charge in [0.05, 0.1) is 30.2 Å². The van der Waals surface area contributed by atoms with Gasteiger partial charge in [-0.15, -0.1) is 0 Å². The topological polar surface area (TPSA) is 97.1 Å². The monoisotopic (exact) mass is 571 g/mol. The Bertz CT molecular complexity index is 1590. The Balaban J connectivity index is 1.50. The molecule has 1 fully saturated rings. The standard InChI is InChI=1S/C29H29F4N5O3/c1-36(2)8-5-18-11-17(3-4-23(18)30)19-6-9-37(14-19)28(40)26-24(13-25(34)39)38-15-21(20-7-10-41-16-20)12-22(27(38)35-26)29(31,32)33/h3-4,7,10-12,15-16,19H,5-6,8-9,13-14H2,1-2H3,(H2,34,39). The number of amides is 2. The third kappa shape index (κ3) is 5.83. The van der Waals surface area contributed by atoms with Crippen molar-refractivity contribution in [1.82, 2.24) is 19.2 Å². The molecule has 12 heteroatoms. The molecule has 216 valence electrons. The first-order chi connectivity index (χ1) is 19.4. The van der Waals surface area contributed by atoms with Gasteiger partial charge in [0.15, 0.2) is 5.69 Å². The van der Waals surface area contributed by atoms with Gasteiger partial charge in [-0.3, -0.25) is 9.59 Å². The SMILES string of the molecule is CN(C)CCc1cc(C2CCN(C(=O)c3nc4c(C(F)(F)F)cc(-c5ccoc5)cn4c3CC(N)=O)C2)ccc1F. The zero-order chi connectivity index (χ0) is 29.5. The second-order valence-electron chi connectivity index (χ2n) is 10.5. The van der Waals surface area contributed by atoms with E-state index in [1.807, 2.05) is 25.1 Å². The maximum atomic E-state index is 14.4. The molecule has 0 bridgehead atoms. The average molecular weight is 572 g/mol. The second-order valence-corrected chi connectivity index (χ2v) is 10.5. The molecule has 4 aromatic rings. The van der Waals surface area contributed by atoms with Crippen molar-refractivity contribution in [2.75, 3.05) is 33.7 Å². The largest absolute Gasteiger partial charge is 0.472 e. The van der Waals surface area contributed by atoms with Crippen LogP contribution in [0.5, 0.6) is 0 Å². The van der Waals surface area contributed by atoms with Crippen LogP contribution in [0.15, 0.2) is 53.5 Å². The number of carbonyl (C=O) groups is 2. The number of aromatic nitrogens is 2. The maximum absolute atomic E-state index is 14.4. The second kappa shape index (κ2) is 11.0. The number of alkyl halides is 3. The van der Waals surface area contributed by atoms with Crippen molar-refractivity contribution in [1.29, 1.82) is 0 Å². The van der Waals surface area contributed by atoms with Gasteiger partial charge in [-0.25, -0.2) is 9.37 Å². The predicted octanol–water partition coefficient (Wildman–Crippen LogP) is 4.51. The van der Waals surface area contributed by atoms with Crippen molar-refractivity contribution in [3.8, 4) is 11.1 Å². The number of benzene rings is 1. The van der Waals surface area contributed by atoms with Gasteiger partial charge in [0.25, 0.3) is 5.91 Å². The summed E-state index contributed by atoms with van der Waals surface area (Å²) in [6, 6.07) is 7.37. The number of furan rings is 1. The maximum Gasteiger partial charge on any atom is 0.420 e. The molecule has 41 heavy (non-hydrogen) atoms. The number of likely N-dealkylation sites (N-methyl/N-ethyl adjacent to an activating group) is 1. The Labute approximate surface area is 233 Å². The van der Waals surface area contributed by atoms with Crippen LogP contribution in [0.2, 0.25) is 0 Å². The molecule has 4 heterocycles. The number of imidazole rings is 1. The van der Waals surface area contributed by atoms with Gasteiger partial charge in [0, 0.05) is 42.9 Å². The number of fused-ring (bicyclic) bond motifs is 1. The van der Waals surface area contributed by atoms with Crippen LogP contribution in [-0.4, -0.2) is 64.7 Å². The van der Waals surface area contributed by atoms with E-state index in [2.05, 4.69) is 4.98 Å². The van der Waals surface area contributed by atoms with Crippen LogP contribution in [0.3, 0.4) is 0 Å². The van der Waals surface area contributed by atoms with E-state index in [4.69, 9.17) is 10.2 Å². The molecule has 1 aromatic carbocycles. The first kappa shape index (κ1) is 28.3. The molecular weight excluding hydrogens is 542 g/mol. The number of nitrogens with zero attached hydrogens (tertiary/aromatic N) is 4. The first-order valence-electron chi connectivity index (χ1n) is 13.1. The minimum absolute atomic E-state index is 0.0236. The molecule has 1 aliphatic rings. The highest BCUT2D eigenvalue weighted by molar-refractivity contribution is 5.96. The van der Waals surface area contributed by atoms with E-state index in [1.54, 1.807) is 6.07 Å². The molecule has 1 saturated heterocycles. The fraction of sp³-hybridized carbons (Fsp3) is 0.345. The number of pyridine rings is 1. The number of carbonyl (C=O) groups excluding carboxylic acids is 2. The highest BCUT2D eigenvalue weighted by atomic mass is 19.4. The van der Waals surface area contributed by atoms with Crippen LogP contribution in [0.1, 0.15) is 45.2 Å². The van der Waals surface area contributed by atoms with E-state index in [9.17, 15) is 27.2 Å². The van der Waals surface area contributed by atoms with Crippen LogP contribution in [-0.2, 0) is 23.8 Å². The Morgan fingerprint density at radius 2 is 1.95 bits per heavy atom. The van der Waals surface area contributed by atoms with Crippen molar-refractivity contribution in [2.45, 2.75) is 31.4 Å². The minimum Gasteiger partial charge on any atom is -0.472 e. The molecule has 8 nitrogen and oxygen atoms in total. The summed E-state index contributed by atoms with van der Waals surface area (Å²) in [5.74, 6) is -1.80. The fourth-order valence-electron chi connectivity index (χ4n) is 5.24. The number of hydrogen-bond acceptors (Lipinski definition) is 5. The molecule has 3 aromatic heterocycles. The summed E-state index contributed by atoms with van der Waals surface area (Å²) in [6.07, 6.45) is -0.150. The molecule has 1 aliphatic heterocycles. The van der Waals surface area contributed by atoms with E-state index in [1.165, 1.54) is 35.8 Å². The van der Waals surface area contributed by atoms with Gasteiger partial charge in [-0.2, -0.15) is 13.2 Å². The summed E-state index contributed by atoms with van der Waals surface area (Å²) in [5.41, 5.74) is 5.63. The van der Waals surface area contributed by atoms with E-state index < -0.39 is 35.6 Å². The summed E-state index contributed by atoms with van der Waals surface area (Å²) < 4.78 is 63.0. The lowest BCUT2D eigenvalue weighted by Gasteiger charge is -2.17. The highest BCUT2D eigenvalue weighted by Gasteiger charge is 2.38. The molecule has 0 aliphatic carbocycles. The summed E-state index contributed by atoms with van der Waals surface area (Å²) >= 11 is 0. The molecule has 2 N–H and O–H groups in total. The Kier molecular flexibility index (Phi) is 7.60. The molecule has 2 amide bonds. The summed E-state index contributed by atoms with van der Waals surface area (Å²) in [7, 11) is 3.81. The first-order valence-corrected chi connectivity index (χ1v) is 13.1. The normalized spacial score (nSPS) is 15.8. The summed E-state index contributed by atoms with van der Waals surface area (Å²) in [5, 5.41) is 0. The van der Waals surface area contributed by atoms with Crippen molar-refractivity contribution in [3.63, 3.8) is 0 Å². The molecular formula is C29H29F4N5O3. The van der Waals surface area contributed by atoms with Crippen LogP contribution in [0, 0.1) is 5.82 Å². The number of rotatable bonds is 8. The highest BCUT2D eigenvalue weighted by Crippen LogP contribution is 2.37. The van der Waals surface area contributed by atoms with Gasteiger partial charge in [-0.05, 0) is 56.3 Å². The lowest BCUT2D eigenvalue weighted by atomic mass is 9.95. The third-order valence-electron chi connectivity index (χ3n) is 7.37. The molecule has 0 spiro atoms. The number of likely N-dealkylation sites (tertiary alicyclic amines) is 1. The Morgan fingerprint density at radius 3 is 2.61 bits per heavy atom. The van der Waals surface area contributed by atoms with E-state index in [-0.39, 0.29) is 35.2 Å². The van der Waals surface area contributed by atoms with Crippen LogP contribution in [0.4, 0.5) is 17.6 Å². The van der Waals surface area contributed by atoms with Crippen molar-refractivity contribution in [3.05, 3.63) is 83.0 Å². The molecule has 5 rings (SSSR count). The number of hydrogen-bond donors (Lipinski definition) is 1. The van der Waals surface area contributed by atoms with Crippen LogP contribution >= 0.6 is 0 Å². The third-order valence-corrected chi connectivity index (χ3v) is 7.37. The number of nitrogens with two attached hydrogens (primary N) is 1. The van der Waals surface area contributed by atoms with Crippen LogP contribution < -0.4 is 5.73 Å². The van der Waals surface area contributed by atoms with Gasteiger partial charge in [0.2, 0.25) is 5.91 Å². The van der Waals surface area contributed by atoms with Crippen LogP contribution in [0.25, 0.3) is 16.8 Å².